The highest BCUT2D eigenvalue weighted by molar-refractivity contribution is 7.66. The van der Waals surface area contributed by atoms with Crippen LogP contribution in [0.1, 0.15) is 17.3 Å². The Morgan fingerprint density at radius 3 is 2.14 bits per heavy atom. The van der Waals surface area contributed by atoms with Crippen molar-refractivity contribution in [3.63, 3.8) is 0 Å². The maximum absolute atomic E-state index is 11.8. The largest absolute Gasteiger partial charge is 0.329 e. The van der Waals surface area contributed by atoms with Crippen LogP contribution in [0.4, 0.5) is 0 Å². The molecule has 76 valence electrons. The van der Waals surface area contributed by atoms with E-state index in [2.05, 4.69) is 0 Å². The quantitative estimate of drug-likeness (QED) is 0.569. The van der Waals surface area contributed by atoms with E-state index in [1.165, 1.54) is 14.0 Å². The number of hydrogen-bond acceptors (Lipinski definition) is 3. The molecule has 0 saturated heterocycles. The van der Waals surface area contributed by atoms with Gasteiger partial charge in [0, 0.05) is 24.6 Å². The standard InChI is InChI=1S/C10H13O3P/c1-8(11)9-4-6-10(7-5-9)14(3,12)13-2/h4-7H,1-3H3. The molecule has 1 aromatic carbocycles. The minimum atomic E-state index is -2.69. The fourth-order valence-electron chi connectivity index (χ4n) is 1.07. The van der Waals surface area contributed by atoms with E-state index in [1.807, 2.05) is 0 Å². The first-order chi connectivity index (χ1) is 6.47. The molecule has 0 radical (unpaired) electrons. The fraction of sp³-hybridized carbons (Fsp3) is 0.300. The normalized spacial score (nSPS) is 14.8. The summed E-state index contributed by atoms with van der Waals surface area (Å²) in [5.74, 6) is -0.0000905. The van der Waals surface area contributed by atoms with E-state index in [0.717, 1.165) is 0 Å². The maximum Gasteiger partial charge on any atom is 0.228 e. The molecule has 0 spiro atoms. The van der Waals surface area contributed by atoms with Crippen LogP contribution in [0.2, 0.25) is 0 Å². The third-order valence-electron chi connectivity index (χ3n) is 2.09. The molecular weight excluding hydrogens is 199 g/mol. The summed E-state index contributed by atoms with van der Waals surface area (Å²) < 4.78 is 16.7. The fourth-order valence-corrected chi connectivity index (χ4v) is 1.97. The molecule has 0 aromatic heterocycles. The van der Waals surface area contributed by atoms with Crippen LogP contribution in [-0.4, -0.2) is 19.6 Å². The van der Waals surface area contributed by atoms with Crippen molar-refractivity contribution in [3.8, 4) is 0 Å². The number of benzene rings is 1. The van der Waals surface area contributed by atoms with Crippen LogP contribution in [-0.2, 0) is 9.09 Å². The number of hydrogen-bond donors (Lipinski definition) is 0. The average Bonchev–Trinajstić information content (AvgIpc) is 2.18. The summed E-state index contributed by atoms with van der Waals surface area (Å²) in [4.78, 5) is 11.0. The number of carbonyl (C=O) groups excluding carboxylic acids is 1. The highest BCUT2D eigenvalue weighted by atomic mass is 31.2. The summed E-state index contributed by atoms with van der Waals surface area (Å²) in [5, 5.41) is 0.630. The first-order valence-electron chi connectivity index (χ1n) is 4.22. The van der Waals surface area contributed by atoms with Gasteiger partial charge in [-0.3, -0.25) is 9.36 Å². The number of carbonyl (C=O) groups is 1. The van der Waals surface area contributed by atoms with Gasteiger partial charge >= 0.3 is 0 Å². The first-order valence-corrected chi connectivity index (χ1v) is 6.29. The molecule has 1 aromatic rings. The van der Waals surface area contributed by atoms with Gasteiger partial charge in [-0.15, -0.1) is 0 Å². The second-order valence-electron chi connectivity index (χ2n) is 3.13. The molecule has 0 amide bonds. The van der Waals surface area contributed by atoms with Gasteiger partial charge in [0.05, 0.1) is 0 Å². The van der Waals surface area contributed by atoms with Crippen molar-refractivity contribution in [1.29, 1.82) is 0 Å². The Balaban J connectivity index is 3.06. The van der Waals surface area contributed by atoms with Gasteiger partial charge in [-0.25, -0.2) is 0 Å². The summed E-state index contributed by atoms with van der Waals surface area (Å²) in [5.41, 5.74) is 0.616. The SMILES string of the molecule is COP(C)(=O)c1ccc(C(C)=O)cc1. The zero-order valence-corrected chi connectivity index (χ0v) is 9.38. The first kappa shape index (κ1) is 11.2. The minimum absolute atomic E-state index is 0.0000905. The third kappa shape index (κ3) is 2.31. The van der Waals surface area contributed by atoms with Crippen molar-refractivity contribution in [2.75, 3.05) is 13.8 Å². The van der Waals surface area contributed by atoms with Crippen molar-refractivity contribution in [3.05, 3.63) is 29.8 Å². The highest BCUT2D eigenvalue weighted by Gasteiger charge is 2.16. The Morgan fingerprint density at radius 1 is 1.29 bits per heavy atom. The van der Waals surface area contributed by atoms with Crippen molar-refractivity contribution in [1.82, 2.24) is 0 Å². The molecule has 0 saturated carbocycles. The van der Waals surface area contributed by atoms with E-state index in [1.54, 1.807) is 30.9 Å². The summed E-state index contributed by atoms with van der Waals surface area (Å²) in [7, 11) is -1.27. The summed E-state index contributed by atoms with van der Waals surface area (Å²) >= 11 is 0. The molecule has 0 aliphatic carbocycles. The van der Waals surface area contributed by atoms with Crippen LogP contribution in [0.25, 0.3) is 0 Å². The van der Waals surface area contributed by atoms with Gasteiger partial charge in [-0.2, -0.15) is 0 Å². The van der Waals surface area contributed by atoms with E-state index >= 15 is 0 Å². The summed E-state index contributed by atoms with van der Waals surface area (Å²) in [6.45, 7) is 3.05. The van der Waals surface area contributed by atoms with E-state index in [4.69, 9.17) is 4.52 Å². The Hall–Kier alpha value is -0.920. The van der Waals surface area contributed by atoms with E-state index in [-0.39, 0.29) is 5.78 Å². The number of ketones is 1. The summed E-state index contributed by atoms with van der Waals surface area (Å²) in [6.07, 6.45) is 0. The van der Waals surface area contributed by atoms with E-state index in [9.17, 15) is 9.36 Å². The molecule has 4 heteroatoms. The maximum atomic E-state index is 11.8. The zero-order valence-electron chi connectivity index (χ0n) is 8.48. The molecule has 3 nitrogen and oxygen atoms in total. The predicted octanol–water partition coefficient (Wildman–Crippen LogP) is 2.07. The Morgan fingerprint density at radius 2 is 1.79 bits per heavy atom. The van der Waals surface area contributed by atoms with E-state index in [0.29, 0.717) is 10.9 Å². The van der Waals surface area contributed by atoms with Crippen LogP contribution >= 0.6 is 7.37 Å². The van der Waals surface area contributed by atoms with Crippen molar-refractivity contribution in [2.24, 2.45) is 0 Å². The van der Waals surface area contributed by atoms with Crippen LogP contribution in [0.5, 0.6) is 0 Å². The van der Waals surface area contributed by atoms with Gasteiger partial charge < -0.3 is 4.52 Å². The predicted molar refractivity (Wildman–Crippen MR) is 56.6 cm³/mol. The van der Waals surface area contributed by atoms with Crippen LogP contribution < -0.4 is 5.30 Å². The summed E-state index contributed by atoms with van der Waals surface area (Å²) in [6, 6.07) is 6.65. The van der Waals surface area contributed by atoms with Gasteiger partial charge in [0.1, 0.15) is 0 Å². The topological polar surface area (TPSA) is 43.4 Å². The van der Waals surface area contributed by atoms with Crippen molar-refractivity contribution >= 4 is 18.5 Å². The van der Waals surface area contributed by atoms with Crippen LogP contribution in [0.3, 0.4) is 0 Å². The zero-order chi connectivity index (χ0) is 10.8. The second-order valence-corrected chi connectivity index (χ2v) is 5.70. The molecule has 0 heterocycles. The lowest BCUT2D eigenvalue weighted by molar-refractivity contribution is 0.101. The number of Topliss-reactive ketones (excluding diaryl/α,β-unsaturated/α-hetero) is 1. The molecule has 0 bridgehead atoms. The second kappa shape index (κ2) is 4.07. The highest BCUT2D eigenvalue weighted by Crippen LogP contribution is 2.39. The smallest absolute Gasteiger partial charge is 0.228 e. The van der Waals surface area contributed by atoms with Crippen LogP contribution in [0, 0.1) is 0 Å². The monoisotopic (exact) mass is 212 g/mol. The third-order valence-corrected chi connectivity index (χ3v) is 4.02. The van der Waals surface area contributed by atoms with E-state index < -0.39 is 7.37 Å². The van der Waals surface area contributed by atoms with Gasteiger partial charge in [0.2, 0.25) is 7.37 Å². The molecule has 0 fully saturated rings. The molecule has 1 unspecified atom stereocenters. The van der Waals surface area contributed by atoms with Gasteiger partial charge in [0.25, 0.3) is 0 Å². The van der Waals surface area contributed by atoms with Crippen molar-refractivity contribution < 1.29 is 13.9 Å². The number of rotatable bonds is 3. The Kier molecular flexibility index (Phi) is 3.25. The van der Waals surface area contributed by atoms with Gasteiger partial charge in [0.15, 0.2) is 5.78 Å². The lowest BCUT2D eigenvalue weighted by atomic mass is 10.2. The molecule has 0 aliphatic rings. The van der Waals surface area contributed by atoms with Gasteiger partial charge in [-0.05, 0) is 19.1 Å². The molecule has 1 rings (SSSR count). The Bertz CT molecular complexity index is 381. The lowest BCUT2D eigenvalue weighted by Gasteiger charge is -2.10. The van der Waals surface area contributed by atoms with Crippen molar-refractivity contribution in [2.45, 2.75) is 6.92 Å². The lowest BCUT2D eigenvalue weighted by Crippen LogP contribution is -2.05. The molecular formula is C10H13O3P. The van der Waals surface area contributed by atoms with Gasteiger partial charge in [-0.1, -0.05) is 12.1 Å². The minimum Gasteiger partial charge on any atom is -0.329 e. The molecule has 1 atom stereocenters. The van der Waals surface area contributed by atoms with Crippen LogP contribution in [0.15, 0.2) is 24.3 Å². The Labute approximate surface area is 83.5 Å². The average molecular weight is 212 g/mol. The molecule has 0 N–H and O–H groups in total. The molecule has 0 aliphatic heterocycles. The molecule has 14 heavy (non-hydrogen) atoms.